The molecule has 13 heteroatoms. The van der Waals surface area contributed by atoms with Gasteiger partial charge in [-0.05, 0) is 148 Å². The monoisotopic (exact) mass is 882 g/mol. The fourth-order valence-corrected chi connectivity index (χ4v) is 9.03. The molecule has 0 amide bonds. The molecule has 0 heterocycles. The molecule has 2 fully saturated rings. The zero-order valence-corrected chi connectivity index (χ0v) is 37.5. The van der Waals surface area contributed by atoms with Gasteiger partial charge in [-0.15, -0.1) is 0 Å². The fraction of sp³-hybridized carbons (Fsp3) is 0.520. The Bertz CT molecular complexity index is 2120. The molecule has 6 rings (SSSR count). The third-order valence-electron chi connectivity index (χ3n) is 12.7. The second-order valence-electron chi connectivity index (χ2n) is 17.4. The van der Waals surface area contributed by atoms with Gasteiger partial charge in [-0.3, -0.25) is 20.2 Å². The highest BCUT2D eigenvalue weighted by molar-refractivity contribution is 5.51. The minimum absolute atomic E-state index is 0.0359. The molecule has 0 unspecified atom stereocenters. The van der Waals surface area contributed by atoms with Crippen LogP contribution in [-0.4, -0.2) is 15.0 Å². The minimum Gasteiger partial charge on any atom is -0.505 e. The Morgan fingerprint density at radius 3 is 1.37 bits per heavy atom. The van der Waals surface area contributed by atoms with Crippen LogP contribution in [0.4, 0.5) is 33.3 Å². The molecule has 2 aliphatic carbocycles. The van der Waals surface area contributed by atoms with E-state index in [2.05, 4.69) is 13.8 Å². The molecule has 0 aromatic heterocycles. The first-order valence-electron chi connectivity index (χ1n) is 22.5. The topological polar surface area (TPSA) is 116 Å². The van der Waals surface area contributed by atoms with E-state index in [0.29, 0.717) is 45.0 Å². The van der Waals surface area contributed by atoms with Crippen molar-refractivity contribution >= 4 is 11.4 Å². The molecule has 4 aromatic carbocycles. The number of nitro groups is 2. The Balaban J connectivity index is 0.000000232. The van der Waals surface area contributed by atoms with Crippen LogP contribution in [0.15, 0.2) is 48.5 Å². The van der Waals surface area contributed by atoms with E-state index < -0.39 is 38.9 Å². The Kier molecular flexibility index (Phi) is 19.4. The van der Waals surface area contributed by atoms with Crippen LogP contribution in [0.3, 0.4) is 0 Å². The number of nitro benzene ring substituents is 2. The molecule has 8 nitrogen and oxygen atoms in total. The molecule has 0 aliphatic heterocycles. The molecule has 0 radical (unpaired) electrons. The van der Waals surface area contributed by atoms with Gasteiger partial charge in [0.2, 0.25) is 11.6 Å². The lowest BCUT2D eigenvalue weighted by molar-refractivity contribution is -0.385. The first-order valence-corrected chi connectivity index (χ1v) is 22.5. The Morgan fingerprint density at radius 1 is 0.556 bits per heavy atom. The number of ether oxygens (including phenoxy) is 1. The molecule has 63 heavy (non-hydrogen) atoms. The molecule has 0 bridgehead atoms. The highest BCUT2D eigenvalue weighted by Crippen LogP contribution is 2.42. The van der Waals surface area contributed by atoms with Crippen LogP contribution in [0.25, 0.3) is 0 Å². The lowest BCUT2D eigenvalue weighted by Crippen LogP contribution is -2.15. The normalized spacial score (nSPS) is 18.4. The third-order valence-corrected chi connectivity index (χ3v) is 12.7. The van der Waals surface area contributed by atoms with E-state index in [1.807, 2.05) is 0 Å². The van der Waals surface area contributed by atoms with E-state index in [1.165, 1.54) is 108 Å². The maximum absolute atomic E-state index is 14.9. The number of aryl methyl sites for hydroxylation is 4. The van der Waals surface area contributed by atoms with Gasteiger partial charge in [0.25, 0.3) is 11.4 Å². The highest BCUT2D eigenvalue weighted by Gasteiger charge is 2.28. The van der Waals surface area contributed by atoms with Crippen molar-refractivity contribution in [3.63, 3.8) is 0 Å². The summed E-state index contributed by atoms with van der Waals surface area (Å²) in [5.41, 5.74) is 2.35. The summed E-state index contributed by atoms with van der Waals surface area (Å²) in [6.07, 6.45) is 18.0. The van der Waals surface area contributed by atoms with Crippen LogP contribution < -0.4 is 4.74 Å². The maximum atomic E-state index is 14.9. The summed E-state index contributed by atoms with van der Waals surface area (Å²) in [6.45, 7) is 10.7. The molecular formula is C50H63F5N2O6. The molecule has 2 aliphatic rings. The van der Waals surface area contributed by atoms with E-state index >= 15 is 0 Å². The fourth-order valence-electron chi connectivity index (χ4n) is 9.03. The number of phenolic OH excluding ortho intramolecular Hbond substituents is 1. The summed E-state index contributed by atoms with van der Waals surface area (Å²) in [4.78, 5) is 20.3. The third kappa shape index (κ3) is 14.0. The van der Waals surface area contributed by atoms with Crippen molar-refractivity contribution in [3.8, 4) is 17.2 Å². The number of hydrogen-bond acceptors (Lipinski definition) is 6. The number of unbranched alkanes of at least 4 members (excludes halogenated alkanes) is 4. The van der Waals surface area contributed by atoms with Gasteiger partial charge in [-0.1, -0.05) is 77.3 Å². The van der Waals surface area contributed by atoms with Gasteiger partial charge in [-0.25, -0.2) is 13.2 Å². The summed E-state index contributed by atoms with van der Waals surface area (Å²) in [6, 6.07) is 11.1. The predicted octanol–water partition coefficient (Wildman–Crippen LogP) is 16.0. The summed E-state index contributed by atoms with van der Waals surface area (Å²) >= 11 is 0. The van der Waals surface area contributed by atoms with Crippen molar-refractivity contribution in [2.45, 2.75) is 156 Å². The second kappa shape index (κ2) is 24.1. The number of phenols is 1. The number of benzene rings is 4. The molecular weight excluding hydrogens is 820 g/mol. The van der Waals surface area contributed by atoms with E-state index in [4.69, 9.17) is 4.74 Å². The Labute approximate surface area is 368 Å². The molecule has 1 N–H and O–H groups in total. The summed E-state index contributed by atoms with van der Waals surface area (Å²) in [5.74, 6) is -3.08. The largest absolute Gasteiger partial charge is 0.505 e. The van der Waals surface area contributed by atoms with Gasteiger partial charge in [0, 0.05) is 24.3 Å². The zero-order chi connectivity index (χ0) is 46.4. The summed E-state index contributed by atoms with van der Waals surface area (Å²) < 4.78 is 75.6. The molecule has 0 atom stereocenters. The van der Waals surface area contributed by atoms with Crippen LogP contribution in [0.2, 0.25) is 0 Å². The standard InChI is InChI=1S/C25H31F2NO3.C17H24F2O.C8H8FNO2/c1-4-5-6-7-18-8-10-19(11-9-18)21-12-13-22(24(27)23(21)26)31-25-16(2)14-20(28(29)30)15-17(25)3;1-2-3-4-5-12-6-8-13(9-7-12)14-10-11-15(20)17(19)16(14)18;1-5-3-7(10(11)12)4-6(2)8(5)9/h12-15,18-19H,4-11H2,1-3H3;10-13,20H,2-9H2,1H3;3-4H,1-2H3. The second-order valence-corrected chi connectivity index (χ2v) is 17.4. The van der Waals surface area contributed by atoms with Crippen molar-refractivity contribution in [1.82, 2.24) is 0 Å². The van der Waals surface area contributed by atoms with Crippen molar-refractivity contribution in [3.05, 3.63) is 131 Å². The van der Waals surface area contributed by atoms with Gasteiger partial charge in [-0.2, -0.15) is 8.78 Å². The smallest absolute Gasteiger partial charge is 0.270 e. The molecule has 0 spiro atoms. The summed E-state index contributed by atoms with van der Waals surface area (Å²) in [7, 11) is 0. The van der Waals surface area contributed by atoms with Crippen molar-refractivity contribution in [1.29, 1.82) is 0 Å². The van der Waals surface area contributed by atoms with E-state index in [1.54, 1.807) is 19.9 Å². The van der Waals surface area contributed by atoms with Gasteiger partial charge in [0.1, 0.15) is 11.6 Å². The van der Waals surface area contributed by atoms with Crippen molar-refractivity contribution in [2.75, 3.05) is 0 Å². The van der Waals surface area contributed by atoms with Crippen LogP contribution in [-0.2, 0) is 0 Å². The quantitative estimate of drug-likeness (QED) is 0.0583. The zero-order valence-electron chi connectivity index (χ0n) is 37.5. The average Bonchev–Trinajstić information content (AvgIpc) is 3.25. The van der Waals surface area contributed by atoms with Crippen LogP contribution in [0.5, 0.6) is 17.2 Å². The Hall–Kier alpha value is -5.07. The highest BCUT2D eigenvalue weighted by atomic mass is 19.2. The first kappa shape index (κ1) is 50.6. The van der Waals surface area contributed by atoms with Crippen LogP contribution >= 0.6 is 0 Å². The number of aromatic hydroxyl groups is 1. The molecule has 344 valence electrons. The molecule has 2 saturated carbocycles. The van der Waals surface area contributed by atoms with Gasteiger partial charge >= 0.3 is 0 Å². The number of hydrogen-bond donors (Lipinski definition) is 1. The predicted molar refractivity (Wildman–Crippen MR) is 237 cm³/mol. The number of nitrogens with zero attached hydrogens (tertiary/aromatic N) is 2. The first-order chi connectivity index (χ1) is 30.0. The minimum atomic E-state index is -1.10. The Morgan fingerprint density at radius 2 is 0.952 bits per heavy atom. The number of rotatable bonds is 14. The van der Waals surface area contributed by atoms with Gasteiger partial charge < -0.3 is 9.84 Å². The SMILES string of the molecule is CCCCCC1CCC(c2ccc(O)c(F)c2F)CC1.CCCCCC1CCC(c2ccc(Oc3c(C)cc([N+](=O)[O-])cc3C)c(F)c2F)CC1.Cc1cc([N+](=O)[O-])cc(C)c1F. The van der Waals surface area contributed by atoms with Gasteiger partial charge in [0.05, 0.1) is 9.85 Å². The number of halogens is 5. The summed E-state index contributed by atoms with van der Waals surface area (Å²) in [5, 5.41) is 30.5. The van der Waals surface area contributed by atoms with E-state index in [9.17, 15) is 47.3 Å². The van der Waals surface area contributed by atoms with E-state index in [0.717, 1.165) is 57.3 Å². The van der Waals surface area contributed by atoms with Crippen LogP contribution in [0, 0.1) is 88.8 Å². The molecule has 4 aromatic rings. The average molecular weight is 883 g/mol. The van der Waals surface area contributed by atoms with Crippen molar-refractivity contribution in [2.24, 2.45) is 11.8 Å². The van der Waals surface area contributed by atoms with Crippen molar-refractivity contribution < 1.29 is 41.6 Å². The lowest BCUT2D eigenvalue weighted by atomic mass is 9.77. The molecule has 0 saturated heterocycles. The number of non-ortho nitro benzene ring substituents is 2. The van der Waals surface area contributed by atoms with Gasteiger partial charge in [0.15, 0.2) is 23.1 Å². The maximum Gasteiger partial charge on any atom is 0.270 e. The lowest BCUT2D eigenvalue weighted by Gasteiger charge is -2.29. The van der Waals surface area contributed by atoms with Crippen LogP contribution in [0.1, 0.15) is 162 Å². The van der Waals surface area contributed by atoms with E-state index in [-0.39, 0.29) is 34.8 Å².